The fourth-order valence-electron chi connectivity index (χ4n) is 2.54. The van der Waals surface area contributed by atoms with Gasteiger partial charge in [0.2, 0.25) is 5.91 Å². The van der Waals surface area contributed by atoms with Crippen LogP contribution in [0.1, 0.15) is 34.6 Å². The Morgan fingerprint density at radius 2 is 1.90 bits per heavy atom. The molecule has 0 atom stereocenters. The van der Waals surface area contributed by atoms with Crippen molar-refractivity contribution in [3.8, 4) is 0 Å². The second-order valence-corrected chi connectivity index (χ2v) is 6.49. The van der Waals surface area contributed by atoms with Crippen LogP contribution in [0.2, 0.25) is 0 Å². The van der Waals surface area contributed by atoms with Gasteiger partial charge in [0.05, 0.1) is 43.8 Å². The number of hydrogen-bond donors (Lipinski definition) is 2. The minimum Gasteiger partial charge on any atom is -0.352 e. The number of amides is 2. The van der Waals surface area contributed by atoms with Crippen molar-refractivity contribution in [2.24, 2.45) is 0 Å². The average Bonchev–Trinajstić information content (AvgIpc) is 3.35. The Morgan fingerprint density at radius 3 is 2.65 bits per heavy atom. The first-order valence-electron chi connectivity index (χ1n) is 9.14. The van der Waals surface area contributed by atoms with Crippen molar-refractivity contribution in [1.29, 1.82) is 0 Å². The predicted octanol–water partition coefficient (Wildman–Crippen LogP) is 1.18. The maximum Gasteiger partial charge on any atom is 0.389 e. The van der Waals surface area contributed by atoms with Gasteiger partial charge in [0.25, 0.3) is 5.91 Å². The summed E-state index contributed by atoms with van der Waals surface area (Å²) in [5.74, 6) is -1.22. The smallest absolute Gasteiger partial charge is 0.352 e. The number of rotatable bonds is 9. The highest BCUT2D eigenvalue weighted by Gasteiger charge is 2.27. The van der Waals surface area contributed by atoms with E-state index in [1.807, 2.05) is 0 Å². The van der Waals surface area contributed by atoms with Gasteiger partial charge in [0.1, 0.15) is 6.67 Å². The van der Waals surface area contributed by atoms with Gasteiger partial charge in [-0.2, -0.15) is 28.2 Å². The van der Waals surface area contributed by atoms with E-state index >= 15 is 0 Å². The fraction of sp³-hybridized carbons (Fsp3) is 0.412. The van der Waals surface area contributed by atoms with E-state index in [9.17, 15) is 27.2 Å². The van der Waals surface area contributed by atoms with Crippen molar-refractivity contribution in [3.05, 3.63) is 41.6 Å². The molecular formula is C17H18F4N8O2. The molecule has 0 bridgehead atoms. The molecule has 0 aliphatic rings. The lowest BCUT2D eigenvalue weighted by atomic mass is 10.2. The number of carbonyl (C=O) groups excluding carboxylic acids is 2. The molecule has 166 valence electrons. The van der Waals surface area contributed by atoms with Gasteiger partial charge in [0, 0.05) is 13.0 Å². The number of halogens is 4. The van der Waals surface area contributed by atoms with E-state index < -0.39 is 37.5 Å². The number of carbonyl (C=O) groups is 2. The number of aryl methyl sites for hydroxylation is 1. The summed E-state index contributed by atoms with van der Waals surface area (Å²) in [6, 6.07) is 1.62. The van der Waals surface area contributed by atoms with Crippen molar-refractivity contribution in [3.63, 3.8) is 0 Å². The maximum absolute atomic E-state index is 12.3. The van der Waals surface area contributed by atoms with Crippen LogP contribution in [-0.2, 0) is 24.4 Å². The summed E-state index contributed by atoms with van der Waals surface area (Å²) < 4.78 is 50.2. The largest absolute Gasteiger partial charge is 0.389 e. The molecule has 3 heterocycles. The van der Waals surface area contributed by atoms with Crippen LogP contribution < -0.4 is 10.6 Å². The third kappa shape index (κ3) is 6.45. The highest BCUT2D eigenvalue weighted by Crippen LogP contribution is 2.21. The van der Waals surface area contributed by atoms with Crippen LogP contribution in [0.3, 0.4) is 0 Å². The number of nitrogens with one attached hydrogen (secondary N) is 2. The van der Waals surface area contributed by atoms with Crippen molar-refractivity contribution >= 4 is 17.5 Å². The number of alkyl halides is 4. The zero-order valence-electron chi connectivity index (χ0n) is 16.1. The molecule has 0 spiro atoms. The molecule has 3 aromatic heterocycles. The molecule has 0 saturated carbocycles. The molecule has 31 heavy (non-hydrogen) atoms. The molecule has 0 radical (unpaired) electrons. The highest BCUT2D eigenvalue weighted by molar-refractivity contribution is 5.91. The van der Waals surface area contributed by atoms with Crippen LogP contribution in [-0.4, -0.2) is 54.3 Å². The first-order chi connectivity index (χ1) is 14.7. The van der Waals surface area contributed by atoms with Crippen LogP contribution in [0.15, 0.2) is 24.7 Å². The molecule has 2 N–H and O–H groups in total. The molecule has 2 amide bonds. The van der Waals surface area contributed by atoms with E-state index in [0.29, 0.717) is 16.9 Å². The van der Waals surface area contributed by atoms with E-state index in [-0.39, 0.29) is 25.3 Å². The molecule has 3 rings (SSSR count). The summed E-state index contributed by atoms with van der Waals surface area (Å²) in [5.41, 5.74) is 1.51. The quantitative estimate of drug-likeness (QED) is 0.481. The Hall–Kier alpha value is -3.58. The standard InChI is InChI=1S/C17H18F4N8O2/c18-3-4-29-25-9-13(27-29)16(31)23-8-12-10-28-14(26-12)5-11(7-24-28)6-22-15(30)1-2-17(19,20)21/h5,7,9-10H,1-4,6,8H2,(H,22,30)(H,23,31). The molecule has 0 saturated heterocycles. The van der Waals surface area contributed by atoms with Gasteiger partial charge < -0.3 is 10.6 Å². The number of nitrogens with zero attached hydrogens (tertiary/aromatic N) is 6. The van der Waals surface area contributed by atoms with Crippen molar-refractivity contribution in [1.82, 2.24) is 40.2 Å². The summed E-state index contributed by atoms with van der Waals surface area (Å²) >= 11 is 0. The third-order valence-corrected chi connectivity index (χ3v) is 4.04. The van der Waals surface area contributed by atoms with Gasteiger partial charge >= 0.3 is 6.18 Å². The van der Waals surface area contributed by atoms with Crippen LogP contribution in [0.25, 0.3) is 5.65 Å². The van der Waals surface area contributed by atoms with Crippen LogP contribution in [0.4, 0.5) is 17.6 Å². The summed E-state index contributed by atoms with van der Waals surface area (Å²) in [7, 11) is 0. The molecule has 14 heteroatoms. The summed E-state index contributed by atoms with van der Waals surface area (Å²) in [6.45, 7) is -0.616. The van der Waals surface area contributed by atoms with Crippen LogP contribution in [0, 0.1) is 0 Å². The van der Waals surface area contributed by atoms with Crippen LogP contribution >= 0.6 is 0 Å². The molecule has 3 aromatic rings. The molecule has 0 aliphatic heterocycles. The van der Waals surface area contributed by atoms with Gasteiger partial charge in [0.15, 0.2) is 11.3 Å². The minimum atomic E-state index is -4.38. The Kier molecular flexibility index (Phi) is 6.77. The first-order valence-corrected chi connectivity index (χ1v) is 9.14. The highest BCUT2D eigenvalue weighted by atomic mass is 19.4. The zero-order valence-corrected chi connectivity index (χ0v) is 16.1. The molecular weight excluding hydrogens is 424 g/mol. The number of aromatic nitrogens is 6. The maximum atomic E-state index is 12.3. The average molecular weight is 442 g/mol. The molecule has 0 aromatic carbocycles. The number of hydrogen-bond acceptors (Lipinski definition) is 6. The molecule has 0 unspecified atom stereocenters. The van der Waals surface area contributed by atoms with E-state index in [1.165, 1.54) is 16.9 Å². The normalized spacial score (nSPS) is 11.6. The number of imidazole rings is 1. The van der Waals surface area contributed by atoms with Gasteiger partial charge in [-0.05, 0) is 11.6 Å². The Morgan fingerprint density at radius 1 is 1.10 bits per heavy atom. The fourth-order valence-corrected chi connectivity index (χ4v) is 2.54. The molecule has 10 nitrogen and oxygen atoms in total. The lowest BCUT2D eigenvalue weighted by Gasteiger charge is -2.07. The SMILES string of the molecule is O=C(CCC(F)(F)F)NCc1cnn2cc(CNC(=O)c3cnn(CCF)n3)nc2c1. The first kappa shape index (κ1) is 22.1. The van der Waals surface area contributed by atoms with Gasteiger partial charge in [-0.3, -0.25) is 9.59 Å². The summed E-state index contributed by atoms with van der Waals surface area (Å²) in [5, 5.41) is 16.8. The van der Waals surface area contributed by atoms with E-state index in [2.05, 4.69) is 30.9 Å². The van der Waals surface area contributed by atoms with Crippen molar-refractivity contribution < 1.29 is 27.2 Å². The Labute approximate surface area is 172 Å². The monoisotopic (exact) mass is 442 g/mol. The zero-order chi connectivity index (χ0) is 22.4. The lowest BCUT2D eigenvalue weighted by molar-refractivity contribution is -0.144. The third-order valence-electron chi connectivity index (χ3n) is 4.04. The summed E-state index contributed by atoms with van der Waals surface area (Å²) in [6.07, 6.45) is -1.95. The van der Waals surface area contributed by atoms with Gasteiger partial charge in [-0.1, -0.05) is 0 Å². The van der Waals surface area contributed by atoms with E-state index in [4.69, 9.17) is 0 Å². The second kappa shape index (κ2) is 9.49. The predicted molar refractivity (Wildman–Crippen MR) is 97.3 cm³/mol. The van der Waals surface area contributed by atoms with Gasteiger partial charge in [-0.15, -0.1) is 5.10 Å². The van der Waals surface area contributed by atoms with Crippen molar-refractivity contribution in [2.45, 2.75) is 38.7 Å². The topological polar surface area (TPSA) is 119 Å². The molecule has 0 aliphatic carbocycles. The van der Waals surface area contributed by atoms with Crippen molar-refractivity contribution in [2.75, 3.05) is 6.67 Å². The lowest BCUT2D eigenvalue weighted by Crippen LogP contribution is -2.24. The molecule has 0 fully saturated rings. The van der Waals surface area contributed by atoms with E-state index in [0.717, 1.165) is 4.80 Å². The minimum absolute atomic E-state index is 0.00760. The number of fused-ring (bicyclic) bond motifs is 1. The van der Waals surface area contributed by atoms with Crippen LogP contribution in [0.5, 0.6) is 0 Å². The van der Waals surface area contributed by atoms with E-state index in [1.54, 1.807) is 12.3 Å². The second-order valence-electron chi connectivity index (χ2n) is 6.49. The Bertz CT molecular complexity index is 1060. The summed E-state index contributed by atoms with van der Waals surface area (Å²) in [4.78, 5) is 29.0. The van der Waals surface area contributed by atoms with Gasteiger partial charge in [-0.25, -0.2) is 13.9 Å². The Balaban J connectivity index is 1.54.